The van der Waals surface area contributed by atoms with E-state index in [4.69, 9.17) is 35.3 Å². The Bertz CT molecular complexity index is 1680. The van der Waals surface area contributed by atoms with Gasteiger partial charge in [-0.2, -0.15) is 5.10 Å². The molecule has 4 rings (SSSR count). The van der Waals surface area contributed by atoms with E-state index < -0.39 is 23.9 Å². The molecule has 14 heteroatoms. The average molecular weight is 763 g/mol. The summed E-state index contributed by atoms with van der Waals surface area (Å²) in [5, 5.41) is 10.0. The number of ether oxygens (including phenoxy) is 5. The van der Waals surface area contributed by atoms with Gasteiger partial charge in [0.2, 0.25) is 0 Å². The molecule has 0 radical (unpaired) electrons. The Morgan fingerprint density at radius 2 is 1.83 bits per heavy atom. The number of rotatable bonds is 13. The number of esters is 1. The van der Waals surface area contributed by atoms with Crippen LogP contribution in [0.5, 0.6) is 23.0 Å². The lowest BCUT2D eigenvalue weighted by Gasteiger charge is -2.28. The second kappa shape index (κ2) is 16.2. The van der Waals surface area contributed by atoms with Crippen LogP contribution in [0.1, 0.15) is 36.6 Å². The number of halogens is 2. The number of nitrogens with zero attached hydrogens (tertiary/aromatic N) is 1. The van der Waals surface area contributed by atoms with Crippen LogP contribution in [0, 0.1) is 3.57 Å². The van der Waals surface area contributed by atoms with Crippen molar-refractivity contribution in [2.45, 2.75) is 26.5 Å². The zero-order valence-electron chi connectivity index (χ0n) is 25.4. The summed E-state index contributed by atoms with van der Waals surface area (Å²) in [5.74, 6) is 0.415. The Labute approximate surface area is 284 Å². The zero-order chi connectivity index (χ0) is 33.2. The summed E-state index contributed by atoms with van der Waals surface area (Å²) >= 11 is 8.25. The van der Waals surface area contributed by atoms with Crippen molar-refractivity contribution < 1.29 is 38.1 Å². The van der Waals surface area contributed by atoms with Gasteiger partial charge in [-0.3, -0.25) is 4.79 Å². The van der Waals surface area contributed by atoms with Crippen molar-refractivity contribution in [3.8, 4) is 23.0 Å². The Morgan fingerprint density at radius 1 is 1.04 bits per heavy atom. The Morgan fingerprint density at radius 3 is 2.54 bits per heavy atom. The van der Waals surface area contributed by atoms with E-state index in [9.17, 15) is 14.4 Å². The summed E-state index contributed by atoms with van der Waals surface area (Å²) in [6.07, 6.45) is 1.45. The molecule has 0 aliphatic carbocycles. The summed E-state index contributed by atoms with van der Waals surface area (Å²) in [6.45, 7) is 3.36. The molecule has 242 valence electrons. The molecule has 1 heterocycles. The molecule has 1 aliphatic heterocycles. The number of urea groups is 1. The number of hydrogen-bond acceptors (Lipinski definition) is 9. The standard InChI is InChI=1S/C32H32ClIN4O8/c1-5-44-31(40)28-18(2)36-32(41)37-29(28)20-9-10-24(25(13-20)42-3)45-17-27(39)38-35-15-21-12-23(34)14-26(43-4)30(21)46-16-19-7-6-8-22(33)11-19/h6-15,29H,5,16-17H2,1-4H3,(H,38,39)(H2,36,37,41)/b35-15+/t29-/m0/s1. The quantitative estimate of drug-likeness (QED) is 0.0926. The molecule has 1 atom stereocenters. The maximum absolute atomic E-state index is 12.6. The highest BCUT2D eigenvalue weighted by Gasteiger charge is 2.32. The number of methoxy groups -OCH3 is 2. The normalized spacial score (nSPS) is 14.3. The molecule has 0 saturated heterocycles. The van der Waals surface area contributed by atoms with Gasteiger partial charge in [-0.1, -0.05) is 29.8 Å². The minimum atomic E-state index is -0.785. The van der Waals surface area contributed by atoms with Crippen LogP contribution in [0.4, 0.5) is 4.79 Å². The number of hydrogen-bond donors (Lipinski definition) is 3. The minimum Gasteiger partial charge on any atom is -0.493 e. The van der Waals surface area contributed by atoms with Gasteiger partial charge in [0.1, 0.15) is 6.61 Å². The third-order valence-electron chi connectivity index (χ3n) is 6.58. The van der Waals surface area contributed by atoms with E-state index in [0.29, 0.717) is 33.3 Å². The molecule has 0 bridgehead atoms. The molecule has 0 saturated carbocycles. The molecule has 3 aromatic rings. The number of allylic oxidation sites excluding steroid dienone is 1. The van der Waals surface area contributed by atoms with E-state index in [1.165, 1.54) is 20.4 Å². The fraction of sp³-hybridized carbons (Fsp3) is 0.250. The van der Waals surface area contributed by atoms with Crippen LogP contribution < -0.4 is 35.0 Å². The van der Waals surface area contributed by atoms with Crippen LogP contribution in [0.2, 0.25) is 5.02 Å². The molecular formula is C32H32ClIN4O8. The van der Waals surface area contributed by atoms with E-state index >= 15 is 0 Å². The first-order valence-electron chi connectivity index (χ1n) is 14.0. The van der Waals surface area contributed by atoms with E-state index in [1.54, 1.807) is 44.2 Å². The monoisotopic (exact) mass is 762 g/mol. The molecule has 0 fully saturated rings. The van der Waals surface area contributed by atoms with Crippen LogP contribution in [0.3, 0.4) is 0 Å². The predicted octanol–water partition coefficient (Wildman–Crippen LogP) is 5.26. The highest BCUT2D eigenvalue weighted by molar-refractivity contribution is 14.1. The van der Waals surface area contributed by atoms with Crippen molar-refractivity contribution in [3.05, 3.63) is 91.2 Å². The Hall–Kier alpha value is -4.50. The first kappa shape index (κ1) is 34.4. The van der Waals surface area contributed by atoms with E-state index in [1.807, 2.05) is 24.3 Å². The topological polar surface area (TPSA) is 146 Å². The summed E-state index contributed by atoms with van der Waals surface area (Å²) in [4.78, 5) is 37.5. The molecule has 0 unspecified atom stereocenters. The van der Waals surface area contributed by atoms with Gasteiger partial charge in [0.15, 0.2) is 29.6 Å². The third kappa shape index (κ3) is 8.81. The molecule has 0 spiro atoms. The van der Waals surface area contributed by atoms with Gasteiger partial charge in [0.25, 0.3) is 5.91 Å². The van der Waals surface area contributed by atoms with Crippen molar-refractivity contribution in [1.29, 1.82) is 0 Å². The summed E-state index contributed by atoms with van der Waals surface area (Å²) < 4.78 is 28.8. The summed E-state index contributed by atoms with van der Waals surface area (Å²) in [7, 11) is 2.98. The van der Waals surface area contributed by atoms with Crippen LogP contribution in [-0.4, -0.2) is 51.6 Å². The third-order valence-corrected chi connectivity index (χ3v) is 7.44. The number of carbonyl (C=O) groups is 3. The smallest absolute Gasteiger partial charge is 0.338 e. The Balaban J connectivity index is 1.43. The number of nitrogens with one attached hydrogen (secondary N) is 3. The van der Waals surface area contributed by atoms with Gasteiger partial charge in [-0.05, 0) is 84.0 Å². The molecule has 46 heavy (non-hydrogen) atoms. The van der Waals surface area contributed by atoms with Crippen LogP contribution in [-0.2, 0) is 20.9 Å². The van der Waals surface area contributed by atoms with E-state index in [2.05, 4.69) is 43.8 Å². The van der Waals surface area contributed by atoms with Crippen molar-refractivity contribution in [3.63, 3.8) is 0 Å². The van der Waals surface area contributed by atoms with Crippen molar-refractivity contribution in [2.24, 2.45) is 5.10 Å². The van der Waals surface area contributed by atoms with Crippen LogP contribution in [0.15, 0.2) is 71.0 Å². The highest BCUT2D eigenvalue weighted by Crippen LogP contribution is 2.35. The van der Waals surface area contributed by atoms with Gasteiger partial charge in [-0.15, -0.1) is 0 Å². The predicted molar refractivity (Wildman–Crippen MR) is 179 cm³/mol. The van der Waals surface area contributed by atoms with Gasteiger partial charge >= 0.3 is 12.0 Å². The maximum atomic E-state index is 12.6. The SMILES string of the molecule is CCOC(=O)C1=C(C)NC(=O)N[C@H]1c1ccc(OCC(=O)N/N=C/c2cc(I)cc(OC)c2OCc2cccc(Cl)c2)c(OC)c1. The Kier molecular flexibility index (Phi) is 12.1. The zero-order valence-corrected chi connectivity index (χ0v) is 28.4. The lowest BCUT2D eigenvalue weighted by atomic mass is 9.95. The van der Waals surface area contributed by atoms with Crippen LogP contribution in [0.25, 0.3) is 0 Å². The van der Waals surface area contributed by atoms with Gasteiger partial charge in [0.05, 0.1) is 38.7 Å². The second-order valence-corrected chi connectivity index (χ2v) is 11.4. The molecular weight excluding hydrogens is 731 g/mol. The largest absolute Gasteiger partial charge is 0.493 e. The van der Waals surface area contributed by atoms with Gasteiger partial charge in [-0.25, -0.2) is 15.0 Å². The van der Waals surface area contributed by atoms with E-state index in [-0.39, 0.29) is 36.9 Å². The summed E-state index contributed by atoms with van der Waals surface area (Å²) in [6, 6.07) is 14.6. The molecule has 0 aromatic heterocycles. The number of benzene rings is 3. The lowest BCUT2D eigenvalue weighted by molar-refractivity contribution is -0.139. The van der Waals surface area contributed by atoms with Crippen molar-refractivity contribution in [1.82, 2.24) is 16.1 Å². The average Bonchev–Trinajstić information content (AvgIpc) is 3.02. The molecule has 3 aromatic carbocycles. The number of hydrazone groups is 1. The second-order valence-electron chi connectivity index (χ2n) is 9.73. The maximum Gasteiger partial charge on any atom is 0.338 e. The number of amides is 3. The van der Waals surface area contributed by atoms with Crippen LogP contribution >= 0.6 is 34.2 Å². The van der Waals surface area contributed by atoms with Crippen molar-refractivity contribution >= 4 is 58.3 Å². The lowest BCUT2D eigenvalue weighted by Crippen LogP contribution is -2.45. The van der Waals surface area contributed by atoms with E-state index in [0.717, 1.165) is 9.13 Å². The van der Waals surface area contributed by atoms with Crippen molar-refractivity contribution in [2.75, 3.05) is 27.4 Å². The molecule has 3 N–H and O–H groups in total. The first-order chi connectivity index (χ1) is 22.1. The minimum absolute atomic E-state index is 0.177. The molecule has 1 aliphatic rings. The number of carbonyl (C=O) groups excluding carboxylic acids is 3. The first-order valence-corrected chi connectivity index (χ1v) is 15.4. The fourth-order valence-electron chi connectivity index (χ4n) is 4.53. The molecule has 3 amide bonds. The highest BCUT2D eigenvalue weighted by atomic mass is 127. The van der Waals surface area contributed by atoms with Gasteiger partial charge < -0.3 is 34.3 Å². The molecule has 12 nitrogen and oxygen atoms in total. The fourth-order valence-corrected chi connectivity index (χ4v) is 5.36. The van der Waals surface area contributed by atoms with Gasteiger partial charge in [0, 0.05) is 19.9 Å². The summed E-state index contributed by atoms with van der Waals surface area (Å²) in [5.41, 5.74) is 5.10.